The summed E-state index contributed by atoms with van der Waals surface area (Å²) in [5.41, 5.74) is 12.8. The largest absolute Gasteiger partial charge is 0.481 e. The molecule has 2 aromatic carbocycles. The molecule has 2 aromatic rings. The standard InChI is InChI=1S/C21H29N3O2/c1-6-24(23)18-10-9-17(14(4)20(18)22)19(15(5)21(25)26)16-8-7-12(2)13(3)11-16/h7-11,15,19H,6,22-23H2,1-5H3,(H,25,26)/t15?,19-/m0/s1. The number of hydrazine groups is 1. The zero-order valence-corrected chi connectivity index (χ0v) is 16.2. The molecule has 2 atom stereocenters. The zero-order chi connectivity index (χ0) is 19.6. The average molecular weight is 355 g/mol. The number of aliphatic carboxylic acids is 1. The highest BCUT2D eigenvalue weighted by Crippen LogP contribution is 2.39. The summed E-state index contributed by atoms with van der Waals surface area (Å²) in [4.78, 5) is 11.8. The van der Waals surface area contributed by atoms with E-state index in [2.05, 4.69) is 6.07 Å². The number of hydrogen-bond donors (Lipinski definition) is 3. The van der Waals surface area contributed by atoms with Gasteiger partial charge in [-0.15, -0.1) is 0 Å². The van der Waals surface area contributed by atoms with Crippen LogP contribution < -0.4 is 16.6 Å². The Hall–Kier alpha value is -2.53. The van der Waals surface area contributed by atoms with Crippen molar-refractivity contribution in [1.82, 2.24) is 0 Å². The molecular weight excluding hydrogens is 326 g/mol. The molecule has 0 saturated heterocycles. The van der Waals surface area contributed by atoms with E-state index in [9.17, 15) is 9.90 Å². The van der Waals surface area contributed by atoms with Crippen LogP contribution in [0.2, 0.25) is 0 Å². The van der Waals surface area contributed by atoms with Gasteiger partial charge in [0.25, 0.3) is 0 Å². The lowest BCUT2D eigenvalue weighted by Crippen LogP contribution is -2.31. The van der Waals surface area contributed by atoms with Crippen LogP contribution in [0.1, 0.15) is 47.6 Å². The molecule has 0 spiro atoms. The first-order valence-electron chi connectivity index (χ1n) is 8.90. The van der Waals surface area contributed by atoms with Gasteiger partial charge in [-0.1, -0.05) is 31.2 Å². The summed E-state index contributed by atoms with van der Waals surface area (Å²) in [6, 6.07) is 9.96. The van der Waals surface area contributed by atoms with Gasteiger partial charge in [-0.25, -0.2) is 5.84 Å². The van der Waals surface area contributed by atoms with E-state index < -0.39 is 11.9 Å². The minimum absolute atomic E-state index is 0.281. The SMILES string of the molecule is CCN(N)c1ccc([C@H](c2ccc(C)c(C)c2)C(C)C(=O)O)c(C)c1N. The molecule has 5 heteroatoms. The molecule has 0 bridgehead atoms. The zero-order valence-electron chi connectivity index (χ0n) is 16.2. The maximum absolute atomic E-state index is 11.8. The molecule has 5 N–H and O–H groups in total. The Morgan fingerprint density at radius 3 is 2.35 bits per heavy atom. The van der Waals surface area contributed by atoms with E-state index in [1.54, 1.807) is 11.9 Å². The quantitative estimate of drug-likeness (QED) is 0.417. The summed E-state index contributed by atoms with van der Waals surface area (Å²) >= 11 is 0. The molecule has 0 aliphatic carbocycles. The monoisotopic (exact) mass is 355 g/mol. The number of nitrogens with two attached hydrogens (primary N) is 2. The van der Waals surface area contributed by atoms with Crippen LogP contribution in [0.3, 0.4) is 0 Å². The summed E-state index contributed by atoms with van der Waals surface area (Å²) < 4.78 is 0. The molecule has 0 amide bonds. The molecule has 0 aliphatic heterocycles. The summed E-state index contributed by atoms with van der Waals surface area (Å²) in [6.07, 6.45) is 0. The number of nitrogens with zero attached hydrogens (tertiary/aromatic N) is 1. The summed E-state index contributed by atoms with van der Waals surface area (Å²) in [6.45, 7) is 10.3. The highest BCUT2D eigenvalue weighted by molar-refractivity contribution is 5.76. The second-order valence-corrected chi connectivity index (χ2v) is 6.95. The minimum atomic E-state index is -0.829. The lowest BCUT2D eigenvalue weighted by Gasteiger charge is -2.27. The third-order valence-corrected chi connectivity index (χ3v) is 5.30. The number of benzene rings is 2. The van der Waals surface area contributed by atoms with Crippen molar-refractivity contribution in [2.24, 2.45) is 11.8 Å². The van der Waals surface area contributed by atoms with Crippen molar-refractivity contribution in [2.75, 3.05) is 17.3 Å². The Morgan fingerprint density at radius 2 is 1.81 bits per heavy atom. The van der Waals surface area contributed by atoms with Crippen LogP contribution in [0.4, 0.5) is 11.4 Å². The van der Waals surface area contributed by atoms with Gasteiger partial charge >= 0.3 is 5.97 Å². The van der Waals surface area contributed by atoms with Crippen LogP contribution in [-0.2, 0) is 4.79 Å². The number of carboxylic acid groups (broad SMARTS) is 1. The smallest absolute Gasteiger partial charge is 0.307 e. The third kappa shape index (κ3) is 3.68. The molecule has 1 unspecified atom stereocenters. The average Bonchev–Trinajstić information content (AvgIpc) is 2.61. The molecule has 26 heavy (non-hydrogen) atoms. The second-order valence-electron chi connectivity index (χ2n) is 6.95. The van der Waals surface area contributed by atoms with Crippen molar-refractivity contribution in [3.8, 4) is 0 Å². The molecule has 0 aromatic heterocycles. The summed E-state index contributed by atoms with van der Waals surface area (Å²) in [5.74, 6) is 4.31. The van der Waals surface area contributed by atoms with Crippen molar-refractivity contribution in [3.63, 3.8) is 0 Å². The number of hydrogen-bond acceptors (Lipinski definition) is 4. The van der Waals surface area contributed by atoms with Crippen LogP contribution in [0.15, 0.2) is 30.3 Å². The normalized spacial score (nSPS) is 13.3. The molecule has 0 radical (unpaired) electrons. The van der Waals surface area contributed by atoms with Gasteiger partial charge in [0.05, 0.1) is 17.3 Å². The Balaban J connectivity index is 2.65. The predicted octanol–water partition coefficient (Wildman–Crippen LogP) is 3.75. The van der Waals surface area contributed by atoms with Crippen molar-refractivity contribution in [3.05, 3.63) is 58.1 Å². The molecule has 0 fully saturated rings. The summed E-state index contributed by atoms with van der Waals surface area (Å²) in [5, 5.41) is 11.3. The van der Waals surface area contributed by atoms with Crippen LogP contribution in [-0.4, -0.2) is 17.6 Å². The fourth-order valence-corrected chi connectivity index (χ4v) is 3.33. The van der Waals surface area contributed by atoms with E-state index in [1.807, 2.05) is 52.0 Å². The molecule has 5 nitrogen and oxygen atoms in total. The Bertz CT molecular complexity index is 817. The van der Waals surface area contributed by atoms with Gasteiger partial charge in [0.2, 0.25) is 0 Å². The Labute approximate surface area is 155 Å². The molecule has 140 valence electrons. The number of nitrogen functional groups attached to an aromatic ring is 1. The molecule has 0 heterocycles. The highest BCUT2D eigenvalue weighted by Gasteiger charge is 2.29. The van der Waals surface area contributed by atoms with Gasteiger partial charge in [-0.05, 0) is 61.6 Å². The molecule has 2 rings (SSSR count). The van der Waals surface area contributed by atoms with Gasteiger partial charge in [0, 0.05) is 12.5 Å². The first-order chi connectivity index (χ1) is 12.2. The first-order valence-corrected chi connectivity index (χ1v) is 8.90. The van der Waals surface area contributed by atoms with Crippen LogP contribution in [0.25, 0.3) is 0 Å². The number of carbonyl (C=O) groups is 1. The highest BCUT2D eigenvalue weighted by atomic mass is 16.4. The lowest BCUT2D eigenvalue weighted by atomic mass is 9.78. The fraction of sp³-hybridized carbons (Fsp3) is 0.381. The van der Waals surface area contributed by atoms with E-state index in [0.717, 1.165) is 27.9 Å². The van der Waals surface area contributed by atoms with Crippen LogP contribution >= 0.6 is 0 Å². The number of anilines is 2. The maximum Gasteiger partial charge on any atom is 0.307 e. The van der Waals surface area contributed by atoms with Gasteiger partial charge in [-0.3, -0.25) is 4.79 Å². The topological polar surface area (TPSA) is 92.6 Å². The van der Waals surface area contributed by atoms with Crippen molar-refractivity contribution < 1.29 is 9.90 Å². The minimum Gasteiger partial charge on any atom is -0.481 e. The van der Waals surface area contributed by atoms with Gasteiger partial charge in [0.15, 0.2) is 0 Å². The van der Waals surface area contributed by atoms with Crippen LogP contribution in [0, 0.1) is 26.7 Å². The van der Waals surface area contributed by atoms with E-state index in [0.29, 0.717) is 12.2 Å². The van der Waals surface area contributed by atoms with Gasteiger partial charge in [-0.2, -0.15) is 0 Å². The first kappa shape index (κ1) is 19.8. The predicted molar refractivity (Wildman–Crippen MR) is 107 cm³/mol. The van der Waals surface area contributed by atoms with E-state index in [-0.39, 0.29) is 5.92 Å². The van der Waals surface area contributed by atoms with Crippen molar-refractivity contribution in [2.45, 2.75) is 40.5 Å². The van der Waals surface area contributed by atoms with Gasteiger partial charge in [0.1, 0.15) is 0 Å². The Kier molecular flexibility index (Phi) is 5.93. The molecule has 0 saturated carbocycles. The van der Waals surface area contributed by atoms with Gasteiger partial charge < -0.3 is 15.8 Å². The van der Waals surface area contributed by atoms with Crippen molar-refractivity contribution in [1.29, 1.82) is 0 Å². The second kappa shape index (κ2) is 7.79. The van der Waals surface area contributed by atoms with E-state index in [1.165, 1.54) is 5.56 Å². The fourth-order valence-electron chi connectivity index (χ4n) is 3.33. The molecule has 0 aliphatic rings. The third-order valence-electron chi connectivity index (χ3n) is 5.30. The number of carboxylic acids is 1. The molecular formula is C21H29N3O2. The lowest BCUT2D eigenvalue weighted by molar-refractivity contribution is -0.141. The number of aryl methyl sites for hydroxylation is 2. The van der Waals surface area contributed by atoms with Crippen LogP contribution in [0.5, 0.6) is 0 Å². The summed E-state index contributed by atoms with van der Waals surface area (Å²) in [7, 11) is 0. The van der Waals surface area contributed by atoms with Crippen molar-refractivity contribution >= 4 is 17.3 Å². The maximum atomic E-state index is 11.8. The number of rotatable bonds is 6. The van der Waals surface area contributed by atoms with E-state index >= 15 is 0 Å². The Morgan fingerprint density at radius 1 is 1.15 bits per heavy atom. The van der Waals surface area contributed by atoms with E-state index in [4.69, 9.17) is 11.6 Å².